The van der Waals surface area contributed by atoms with Gasteiger partial charge >= 0.3 is 0 Å². The maximum atomic E-state index is 9.26. The summed E-state index contributed by atoms with van der Waals surface area (Å²) in [5, 5.41) is 13.5. The smallest absolute Gasteiger partial charge is 0.0852 e. The number of aryl methyl sites for hydroxylation is 1. The van der Waals surface area contributed by atoms with Crippen LogP contribution in [0, 0.1) is 0 Å². The Kier molecular flexibility index (Phi) is 2.87. The van der Waals surface area contributed by atoms with Crippen molar-refractivity contribution in [2.45, 2.75) is 44.6 Å². The first-order valence-corrected chi connectivity index (χ1v) is 5.44. The van der Waals surface area contributed by atoms with Crippen molar-refractivity contribution in [1.82, 2.24) is 9.78 Å². The van der Waals surface area contributed by atoms with Crippen LogP contribution in [0.2, 0.25) is 0 Å². The summed E-state index contributed by atoms with van der Waals surface area (Å²) in [6.45, 7) is 0.113. The minimum atomic E-state index is 0.113. The van der Waals surface area contributed by atoms with E-state index in [1.54, 1.807) is 4.68 Å². The first kappa shape index (κ1) is 9.71. The fourth-order valence-electron chi connectivity index (χ4n) is 2.43. The number of hydrogen-bond donors (Lipinski definition) is 1. The molecule has 1 aliphatic rings. The molecule has 0 amide bonds. The summed E-state index contributed by atoms with van der Waals surface area (Å²) in [5.74, 6) is 0.639. The van der Waals surface area contributed by atoms with Crippen LogP contribution in [-0.2, 0) is 13.7 Å². The zero-order valence-corrected chi connectivity index (χ0v) is 8.74. The van der Waals surface area contributed by atoms with E-state index in [1.807, 2.05) is 13.2 Å². The van der Waals surface area contributed by atoms with E-state index in [1.165, 1.54) is 37.7 Å². The number of aliphatic hydroxyl groups is 1. The molecule has 0 unspecified atom stereocenters. The second kappa shape index (κ2) is 4.13. The summed E-state index contributed by atoms with van der Waals surface area (Å²) in [6.07, 6.45) is 8.47. The molecule has 0 aliphatic heterocycles. The van der Waals surface area contributed by atoms with Crippen LogP contribution in [0.25, 0.3) is 0 Å². The molecule has 1 heterocycles. The van der Waals surface area contributed by atoms with Crippen LogP contribution >= 0.6 is 0 Å². The Bertz CT molecular complexity index is 300. The predicted molar refractivity (Wildman–Crippen MR) is 55.0 cm³/mol. The highest BCUT2D eigenvalue weighted by Crippen LogP contribution is 2.34. The number of nitrogens with zero attached hydrogens (tertiary/aromatic N) is 2. The Hall–Kier alpha value is -0.830. The molecule has 0 spiro atoms. The van der Waals surface area contributed by atoms with Gasteiger partial charge in [-0.1, -0.05) is 19.3 Å². The maximum absolute atomic E-state index is 9.26. The third kappa shape index (κ3) is 1.69. The average molecular weight is 194 g/mol. The van der Waals surface area contributed by atoms with Crippen molar-refractivity contribution in [2.75, 3.05) is 0 Å². The third-order valence-corrected chi connectivity index (χ3v) is 3.29. The van der Waals surface area contributed by atoms with Gasteiger partial charge in [-0.25, -0.2) is 0 Å². The van der Waals surface area contributed by atoms with Crippen LogP contribution in [0.3, 0.4) is 0 Å². The lowest BCUT2D eigenvalue weighted by atomic mass is 9.84. The minimum absolute atomic E-state index is 0.113. The fourth-order valence-corrected chi connectivity index (χ4v) is 2.43. The van der Waals surface area contributed by atoms with E-state index >= 15 is 0 Å². The monoisotopic (exact) mass is 194 g/mol. The van der Waals surface area contributed by atoms with Gasteiger partial charge in [-0.15, -0.1) is 0 Å². The second-order valence-electron chi connectivity index (χ2n) is 4.16. The van der Waals surface area contributed by atoms with Gasteiger partial charge in [0.1, 0.15) is 0 Å². The molecule has 1 N–H and O–H groups in total. The molecule has 0 radical (unpaired) electrons. The van der Waals surface area contributed by atoms with E-state index in [9.17, 15) is 5.11 Å². The Morgan fingerprint density at radius 2 is 2.14 bits per heavy atom. The SMILES string of the molecule is Cn1ncc(C2CCCCC2)c1CO. The molecule has 1 fully saturated rings. The Labute approximate surface area is 84.7 Å². The van der Waals surface area contributed by atoms with Crippen molar-refractivity contribution < 1.29 is 5.11 Å². The number of aromatic nitrogens is 2. The van der Waals surface area contributed by atoms with Gasteiger partial charge in [-0.05, 0) is 24.3 Å². The molecule has 0 atom stereocenters. The molecule has 0 bridgehead atoms. The summed E-state index contributed by atoms with van der Waals surface area (Å²) in [7, 11) is 1.90. The lowest BCUT2D eigenvalue weighted by molar-refractivity contribution is 0.267. The molecular weight excluding hydrogens is 176 g/mol. The lowest BCUT2D eigenvalue weighted by Crippen LogP contribution is -2.08. The van der Waals surface area contributed by atoms with E-state index in [0.29, 0.717) is 5.92 Å². The Balaban J connectivity index is 2.21. The molecule has 78 valence electrons. The molecule has 1 aliphatic carbocycles. The van der Waals surface area contributed by atoms with Crippen molar-refractivity contribution in [1.29, 1.82) is 0 Å². The van der Waals surface area contributed by atoms with Crippen molar-refractivity contribution in [3.8, 4) is 0 Å². The van der Waals surface area contributed by atoms with E-state index < -0.39 is 0 Å². The molecule has 14 heavy (non-hydrogen) atoms. The lowest BCUT2D eigenvalue weighted by Gasteiger charge is -2.21. The maximum Gasteiger partial charge on any atom is 0.0852 e. The van der Waals surface area contributed by atoms with Crippen LogP contribution in [-0.4, -0.2) is 14.9 Å². The van der Waals surface area contributed by atoms with Crippen LogP contribution in [0.1, 0.15) is 49.3 Å². The number of rotatable bonds is 2. The average Bonchev–Trinajstić information content (AvgIpc) is 2.61. The first-order valence-electron chi connectivity index (χ1n) is 5.44. The van der Waals surface area contributed by atoms with Crippen molar-refractivity contribution in [2.24, 2.45) is 7.05 Å². The van der Waals surface area contributed by atoms with Gasteiger partial charge in [0.15, 0.2) is 0 Å². The van der Waals surface area contributed by atoms with Gasteiger partial charge in [-0.2, -0.15) is 5.10 Å². The highest BCUT2D eigenvalue weighted by molar-refractivity contribution is 5.22. The van der Waals surface area contributed by atoms with E-state index in [2.05, 4.69) is 5.10 Å². The van der Waals surface area contributed by atoms with Gasteiger partial charge in [0.05, 0.1) is 18.5 Å². The van der Waals surface area contributed by atoms with Crippen molar-refractivity contribution in [3.05, 3.63) is 17.5 Å². The zero-order valence-electron chi connectivity index (χ0n) is 8.74. The normalized spacial score (nSPS) is 18.7. The molecular formula is C11H18N2O. The molecule has 1 aromatic rings. The van der Waals surface area contributed by atoms with E-state index in [0.717, 1.165) is 5.69 Å². The summed E-state index contributed by atoms with van der Waals surface area (Å²) in [4.78, 5) is 0. The predicted octanol–water partition coefficient (Wildman–Crippen LogP) is 1.96. The zero-order chi connectivity index (χ0) is 9.97. The molecule has 1 saturated carbocycles. The topological polar surface area (TPSA) is 38.0 Å². The highest BCUT2D eigenvalue weighted by Gasteiger charge is 2.20. The van der Waals surface area contributed by atoms with Crippen LogP contribution in [0.15, 0.2) is 6.20 Å². The molecule has 0 saturated heterocycles. The molecule has 0 aromatic carbocycles. The van der Waals surface area contributed by atoms with Crippen LogP contribution < -0.4 is 0 Å². The molecule has 2 rings (SSSR count). The van der Waals surface area contributed by atoms with Crippen LogP contribution in [0.4, 0.5) is 0 Å². The van der Waals surface area contributed by atoms with Gasteiger partial charge in [0.2, 0.25) is 0 Å². The number of hydrogen-bond acceptors (Lipinski definition) is 2. The van der Waals surface area contributed by atoms with E-state index in [4.69, 9.17) is 0 Å². The van der Waals surface area contributed by atoms with Crippen molar-refractivity contribution in [3.63, 3.8) is 0 Å². The van der Waals surface area contributed by atoms with E-state index in [-0.39, 0.29) is 6.61 Å². The third-order valence-electron chi connectivity index (χ3n) is 3.29. The Morgan fingerprint density at radius 1 is 1.43 bits per heavy atom. The highest BCUT2D eigenvalue weighted by atomic mass is 16.3. The summed E-state index contributed by atoms with van der Waals surface area (Å²) in [5.41, 5.74) is 2.27. The Morgan fingerprint density at radius 3 is 2.79 bits per heavy atom. The van der Waals surface area contributed by atoms with Gasteiger partial charge in [0, 0.05) is 7.05 Å². The minimum Gasteiger partial charge on any atom is -0.390 e. The molecule has 1 aromatic heterocycles. The van der Waals surface area contributed by atoms with Gasteiger partial charge in [0.25, 0.3) is 0 Å². The molecule has 3 nitrogen and oxygen atoms in total. The summed E-state index contributed by atoms with van der Waals surface area (Å²) in [6, 6.07) is 0. The summed E-state index contributed by atoms with van der Waals surface area (Å²) >= 11 is 0. The largest absolute Gasteiger partial charge is 0.390 e. The van der Waals surface area contributed by atoms with Crippen LogP contribution in [0.5, 0.6) is 0 Å². The summed E-state index contributed by atoms with van der Waals surface area (Å²) < 4.78 is 1.80. The molecule has 3 heteroatoms. The van der Waals surface area contributed by atoms with Gasteiger partial charge in [-0.3, -0.25) is 4.68 Å². The number of aliphatic hydroxyl groups excluding tert-OH is 1. The quantitative estimate of drug-likeness (QED) is 0.781. The fraction of sp³-hybridized carbons (Fsp3) is 0.727. The first-order chi connectivity index (χ1) is 6.83. The van der Waals surface area contributed by atoms with Crippen molar-refractivity contribution >= 4 is 0 Å². The second-order valence-corrected chi connectivity index (χ2v) is 4.16. The van der Waals surface area contributed by atoms with Gasteiger partial charge < -0.3 is 5.11 Å². The standard InChI is InChI=1S/C11H18N2O/c1-13-11(8-14)10(7-12-13)9-5-3-2-4-6-9/h7,9,14H,2-6,8H2,1H3.